The van der Waals surface area contributed by atoms with E-state index >= 15 is 0 Å². The van der Waals surface area contributed by atoms with Gasteiger partial charge in [-0.1, -0.05) is 15.9 Å². The minimum Gasteiger partial charge on any atom is -0.469 e. The van der Waals surface area contributed by atoms with Crippen LogP contribution in [0, 0.1) is 5.92 Å². The maximum atomic E-state index is 12.1. The first kappa shape index (κ1) is 14.7. The molecule has 0 aliphatic carbocycles. The van der Waals surface area contributed by atoms with Gasteiger partial charge in [-0.3, -0.25) is 14.4 Å². The standard InChI is InChI=1S/C14H14BrNO4/c1-8(17)11-6-10(15)3-4-12(11)16-7-9(5-13(16)18)14(19)20-2/h3-4,6,9H,5,7H2,1-2H3. The van der Waals surface area contributed by atoms with Crippen LogP contribution in [0.15, 0.2) is 22.7 Å². The van der Waals surface area contributed by atoms with E-state index in [0.29, 0.717) is 11.3 Å². The highest BCUT2D eigenvalue weighted by atomic mass is 79.9. The van der Waals surface area contributed by atoms with Gasteiger partial charge in [-0.15, -0.1) is 0 Å². The van der Waals surface area contributed by atoms with Gasteiger partial charge in [0.1, 0.15) is 0 Å². The zero-order chi connectivity index (χ0) is 14.9. The Kier molecular flexibility index (Phi) is 4.23. The Morgan fingerprint density at radius 2 is 2.10 bits per heavy atom. The quantitative estimate of drug-likeness (QED) is 0.625. The molecule has 1 atom stereocenters. The van der Waals surface area contributed by atoms with Crippen LogP contribution in [0.2, 0.25) is 0 Å². The third-order valence-electron chi connectivity index (χ3n) is 3.29. The SMILES string of the molecule is COC(=O)C1CC(=O)N(c2ccc(Br)cc2C(C)=O)C1. The van der Waals surface area contributed by atoms with Crippen molar-refractivity contribution in [2.75, 3.05) is 18.6 Å². The first-order chi connectivity index (χ1) is 9.43. The number of nitrogens with zero attached hydrogens (tertiary/aromatic N) is 1. The highest BCUT2D eigenvalue weighted by molar-refractivity contribution is 9.10. The summed E-state index contributed by atoms with van der Waals surface area (Å²) in [6.45, 7) is 1.69. The molecular formula is C14H14BrNO4. The first-order valence-electron chi connectivity index (χ1n) is 6.12. The van der Waals surface area contributed by atoms with E-state index in [1.54, 1.807) is 18.2 Å². The lowest BCUT2D eigenvalue weighted by atomic mass is 10.1. The van der Waals surface area contributed by atoms with Crippen molar-refractivity contribution in [2.45, 2.75) is 13.3 Å². The van der Waals surface area contributed by atoms with Crippen molar-refractivity contribution in [3.8, 4) is 0 Å². The Morgan fingerprint density at radius 3 is 2.70 bits per heavy atom. The molecule has 6 heteroatoms. The Bertz CT molecular complexity index is 585. The summed E-state index contributed by atoms with van der Waals surface area (Å²) >= 11 is 3.30. The molecule has 0 radical (unpaired) electrons. The van der Waals surface area contributed by atoms with Gasteiger partial charge in [-0.05, 0) is 25.1 Å². The predicted octanol–water partition coefficient (Wildman–Crippen LogP) is 2.18. The molecule has 2 rings (SSSR count). The second-order valence-electron chi connectivity index (χ2n) is 4.65. The lowest BCUT2D eigenvalue weighted by molar-refractivity contribution is -0.145. The van der Waals surface area contributed by atoms with Crippen molar-refractivity contribution in [1.29, 1.82) is 0 Å². The van der Waals surface area contributed by atoms with Crippen molar-refractivity contribution in [1.82, 2.24) is 0 Å². The van der Waals surface area contributed by atoms with E-state index in [1.807, 2.05) is 0 Å². The molecule has 0 aromatic heterocycles. The van der Waals surface area contributed by atoms with Crippen molar-refractivity contribution in [3.63, 3.8) is 0 Å². The molecule has 1 aliphatic heterocycles. The number of hydrogen-bond acceptors (Lipinski definition) is 4. The van der Waals surface area contributed by atoms with Gasteiger partial charge in [0, 0.05) is 23.0 Å². The van der Waals surface area contributed by atoms with E-state index < -0.39 is 11.9 Å². The van der Waals surface area contributed by atoms with E-state index in [4.69, 9.17) is 0 Å². The summed E-state index contributed by atoms with van der Waals surface area (Å²) in [4.78, 5) is 36.8. The van der Waals surface area contributed by atoms with Gasteiger partial charge in [0.15, 0.2) is 5.78 Å². The molecular weight excluding hydrogens is 326 g/mol. The highest BCUT2D eigenvalue weighted by Gasteiger charge is 2.36. The molecule has 1 aromatic carbocycles. The number of Topliss-reactive ketones (excluding diaryl/α,β-unsaturated/α-hetero) is 1. The molecule has 0 bridgehead atoms. The summed E-state index contributed by atoms with van der Waals surface area (Å²) < 4.78 is 5.44. The molecule has 5 nitrogen and oxygen atoms in total. The average Bonchev–Trinajstić information content (AvgIpc) is 2.79. The second kappa shape index (κ2) is 5.75. The Labute approximate surface area is 125 Å². The fourth-order valence-corrected chi connectivity index (χ4v) is 2.65. The van der Waals surface area contributed by atoms with Crippen LogP contribution in [-0.4, -0.2) is 31.3 Å². The van der Waals surface area contributed by atoms with Crippen molar-refractivity contribution in [3.05, 3.63) is 28.2 Å². The van der Waals surface area contributed by atoms with Crippen LogP contribution >= 0.6 is 15.9 Å². The molecule has 0 spiro atoms. The molecule has 1 aliphatic rings. The maximum Gasteiger partial charge on any atom is 0.311 e. The molecule has 0 saturated carbocycles. The topological polar surface area (TPSA) is 63.7 Å². The van der Waals surface area contributed by atoms with Gasteiger partial charge >= 0.3 is 5.97 Å². The summed E-state index contributed by atoms with van der Waals surface area (Å²) in [6, 6.07) is 5.15. The zero-order valence-corrected chi connectivity index (χ0v) is 12.8. The number of methoxy groups -OCH3 is 1. The summed E-state index contributed by atoms with van der Waals surface area (Å²) in [5, 5.41) is 0. The smallest absolute Gasteiger partial charge is 0.311 e. The maximum absolute atomic E-state index is 12.1. The Morgan fingerprint density at radius 1 is 1.40 bits per heavy atom. The number of esters is 1. The number of rotatable bonds is 3. The highest BCUT2D eigenvalue weighted by Crippen LogP contribution is 2.30. The third kappa shape index (κ3) is 2.75. The van der Waals surface area contributed by atoms with Gasteiger partial charge in [0.05, 0.1) is 18.7 Å². The Hall–Kier alpha value is -1.69. The molecule has 1 heterocycles. The number of hydrogen-bond donors (Lipinski definition) is 0. The number of carbonyl (C=O) groups excluding carboxylic acids is 3. The van der Waals surface area contributed by atoms with Crippen molar-refractivity contribution in [2.24, 2.45) is 5.92 Å². The van der Waals surface area contributed by atoms with Crippen LogP contribution < -0.4 is 4.90 Å². The minimum atomic E-state index is -0.476. The molecule has 20 heavy (non-hydrogen) atoms. The molecule has 1 amide bonds. The largest absolute Gasteiger partial charge is 0.469 e. The lowest BCUT2D eigenvalue weighted by Crippen LogP contribution is -2.27. The van der Waals surface area contributed by atoms with Crippen LogP contribution in [0.5, 0.6) is 0 Å². The average molecular weight is 340 g/mol. The lowest BCUT2D eigenvalue weighted by Gasteiger charge is -2.19. The number of ketones is 1. The number of amides is 1. The van der Waals surface area contributed by atoms with Gasteiger partial charge < -0.3 is 9.64 Å². The molecule has 1 saturated heterocycles. The van der Waals surface area contributed by atoms with Gasteiger partial charge in [-0.2, -0.15) is 0 Å². The first-order valence-corrected chi connectivity index (χ1v) is 6.92. The number of ether oxygens (including phenoxy) is 1. The Balaban J connectivity index is 2.35. The number of anilines is 1. The number of carbonyl (C=O) groups is 3. The molecule has 1 fully saturated rings. The van der Waals surface area contributed by atoms with Gasteiger partial charge in [0.2, 0.25) is 5.91 Å². The van der Waals surface area contributed by atoms with Crippen LogP contribution in [0.4, 0.5) is 5.69 Å². The third-order valence-corrected chi connectivity index (χ3v) is 3.78. The van der Waals surface area contributed by atoms with E-state index in [1.165, 1.54) is 18.9 Å². The van der Waals surface area contributed by atoms with Crippen molar-refractivity contribution < 1.29 is 19.1 Å². The zero-order valence-electron chi connectivity index (χ0n) is 11.2. The summed E-state index contributed by atoms with van der Waals surface area (Å²) in [7, 11) is 1.30. The molecule has 1 aromatic rings. The molecule has 1 unspecified atom stereocenters. The monoisotopic (exact) mass is 339 g/mol. The van der Waals surface area contributed by atoms with Crippen LogP contribution in [0.25, 0.3) is 0 Å². The van der Waals surface area contributed by atoms with Gasteiger partial charge in [-0.25, -0.2) is 0 Å². The predicted molar refractivity (Wildman–Crippen MR) is 76.6 cm³/mol. The molecule has 0 N–H and O–H groups in total. The fraction of sp³-hybridized carbons (Fsp3) is 0.357. The second-order valence-corrected chi connectivity index (χ2v) is 5.56. The van der Waals surface area contributed by atoms with E-state index in [-0.39, 0.29) is 24.7 Å². The van der Waals surface area contributed by atoms with Crippen LogP contribution in [0.1, 0.15) is 23.7 Å². The van der Waals surface area contributed by atoms with Crippen LogP contribution in [-0.2, 0) is 14.3 Å². The van der Waals surface area contributed by atoms with E-state index in [9.17, 15) is 14.4 Å². The fourth-order valence-electron chi connectivity index (χ4n) is 2.29. The van der Waals surface area contributed by atoms with E-state index in [0.717, 1.165) is 4.47 Å². The normalized spacial score (nSPS) is 18.2. The van der Waals surface area contributed by atoms with Crippen molar-refractivity contribution >= 4 is 39.3 Å². The summed E-state index contributed by atoms with van der Waals surface area (Å²) in [5.74, 6) is -1.18. The number of benzene rings is 1. The molecule has 106 valence electrons. The minimum absolute atomic E-state index is 0.111. The van der Waals surface area contributed by atoms with Crippen LogP contribution in [0.3, 0.4) is 0 Å². The van der Waals surface area contributed by atoms with Gasteiger partial charge in [0.25, 0.3) is 0 Å². The van der Waals surface area contributed by atoms with E-state index in [2.05, 4.69) is 20.7 Å². The summed E-state index contributed by atoms with van der Waals surface area (Å²) in [5.41, 5.74) is 0.996. The number of halogens is 1. The summed E-state index contributed by atoms with van der Waals surface area (Å²) in [6.07, 6.45) is 0.111.